The van der Waals surface area contributed by atoms with Crippen LogP contribution in [0.2, 0.25) is 0 Å². The quantitative estimate of drug-likeness (QED) is 0.712. The van der Waals surface area contributed by atoms with Crippen LogP contribution in [0.25, 0.3) is 22.0 Å². The molecule has 3 heteroatoms. The molecule has 24 heavy (non-hydrogen) atoms. The van der Waals surface area contributed by atoms with Gasteiger partial charge in [-0.1, -0.05) is 78.0 Å². The van der Waals surface area contributed by atoms with Crippen molar-refractivity contribution in [2.75, 3.05) is 5.75 Å². The van der Waals surface area contributed by atoms with Crippen molar-refractivity contribution in [3.05, 3.63) is 83.4 Å². The van der Waals surface area contributed by atoms with E-state index in [1.54, 1.807) is 11.8 Å². The summed E-state index contributed by atoms with van der Waals surface area (Å²) in [5.41, 5.74) is 11.8. The Hall–Kier alpha value is -2.52. The van der Waals surface area contributed by atoms with E-state index >= 15 is 0 Å². The Labute approximate surface area is 146 Å². The number of hydrogen-bond donors (Lipinski definition) is 1. The van der Waals surface area contributed by atoms with E-state index in [1.165, 1.54) is 27.5 Å². The third kappa shape index (κ3) is 2.83. The molecule has 118 valence electrons. The molecule has 0 bridgehead atoms. The van der Waals surface area contributed by atoms with Gasteiger partial charge in [0.2, 0.25) is 0 Å². The molecule has 4 rings (SSSR count). The molecule has 0 aliphatic carbocycles. The Morgan fingerprint density at radius 3 is 2.38 bits per heavy atom. The van der Waals surface area contributed by atoms with Crippen LogP contribution in [0.3, 0.4) is 0 Å². The molecule has 0 amide bonds. The fourth-order valence-corrected chi connectivity index (χ4v) is 3.72. The zero-order valence-corrected chi connectivity index (χ0v) is 14.3. The van der Waals surface area contributed by atoms with Crippen molar-refractivity contribution < 1.29 is 0 Å². The maximum absolute atomic E-state index is 6.00. The molecule has 0 saturated heterocycles. The highest BCUT2D eigenvalue weighted by molar-refractivity contribution is 8.14. The van der Waals surface area contributed by atoms with Gasteiger partial charge in [-0.2, -0.15) is 0 Å². The van der Waals surface area contributed by atoms with E-state index in [-0.39, 0.29) is 0 Å². The van der Waals surface area contributed by atoms with Gasteiger partial charge >= 0.3 is 0 Å². The molecule has 3 aromatic carbocycles. The topological polar surface area (TPSA) is 38.4 Å². The fraction of sp³-hybridized carbons (Fsp3) is 0.0952. The zero-order chi connectivity index (χ0) is 16.5. The van der Waals surface area contributed by atoms with Crippen LogP contribution >= 0.6 is 11.8 Å². The average Bonchev–Trinajstić information content (AvgIpc) is 2.62. The number of amidine groups is 1. The molecule has 1 aliphatic rings. The number of fused-ring (bicyclic) bond motifs is 1. The molecule has 0 atom stereocenters. The smallest absolute Gasteiger partial charge is 0.159 e. The van der Waals surface area contributed by atoms with Crippen molar-refractivity contribution in [3.63, 3.8) is 0 Å². The van der Waals surface area contributed by atoms with E-state index in [0.717, 1.165) is 17.0 Å². The van der Waals surface area contributed by atoms with Gasteiger partial charge in [0.1, 0.15) is 0 Å². The number of rotatable bonds is 2. The van der Waals surface area contributed by atoms with Gasteiger partial charge in [0.25, 0.3) is 0 Å². The number of aryl methyl sites for hydroxylation is 1. The summed E-state index contributed by atoms with van der Waals surface area (Å²) in [5.74, 6) is 0.844. The Bertz CT molecular complexity index is 969. The van der Waals surface area contributed by atoms with Crippen molar-refractivity contribution in [1.82, 2.24) is 0 Å². The lowest BCUT2D eigenvalue weighted by Gasteiger charge is -2.18. The van der Waals surface area contributed by atoms with Gasteiger partial charge in [-0.25, -0.2) is 4.99 Å². The predicted molar refractivity (Wildman–Crippen MR) is 106 cm³/mol. The van der Waals surface area contributed by atoms with Gasteiger partial charge in [0.05, 0.1) is 5.70 Å². The van der Waals surface area contributed by atoms with Crippen molar-refractivity contribution in [1.29, 1.82) is 0 Å². The first-order chi connectivity index (χ1) is 11.7. The van der Waals surface area contributed by atoms with Crippen molar-refractivity contribution in [2.45, 2.75) is 6.92 Å². The molecule has 1 aliphatic heterocycles. The van der Waals surface area contributed by atoms with Gasteiger partial charge < -0.3 is 5.73 Å². The van der Waals surface area contributed by atoms with Crippen molar-refractivity contribution in [3.8, 4) is 0 Å². The predicted octanol–water partition coefficient (Wildman–Crippen LogP) is 5.08. The average molecular weight is 330 g/mol. The third-order valence-electron chi connectivity index (χ3n) is 4.30. The molecule has 0 saturated carbocycles. The highest BCUT2D eigenvalue weighted by Gasteiger charge is 2.17. The van der Waals surface area contributed by atoms with E-state index in [1.807, 2.05) is 0 Å². The first-order valence-electron chi connectivity index (χ1n) is 7.97. The van der Waals surface area contributed by atoms with Crippen LogP contribution in [0.4, 0.5) is 0 Å². The van der Waals surface area contributed by atoms with Crippen LogP contribution in [-0.4, -0.2) is 10.9 Å². The van der Waals surface area contributed by atoms with Gasteiger partial charge in [0, 0.05) is 11.3 Å². The highest BCUT2D eigenvalue weighted by atomic mass is 32.2. The number of hydrogen-bond acceptors (Lipinski definition) is 3. The summed E-state index contributed by atoms with van der Waals surface area (Å²) in [4.78, 5) is 4.66. The first-order valence-corrected chi connectivity index (χ1v) is 8.95. The minimum atomic E-state index is 0.634. The van der Waals surface area contributed by atoms with Crippen LogP contribution in [0.15, 0.2) is 71.7 Å². The largest absolute Gasteiger partial charge is 0.378 e. The molecule has 0 fully saturated rings. The number of benzene rings is 3. The monoisotopic (exact) mass is 330 g/mol. The zero-order valence-electron chi connectivity index (χ0n) is 13.5. The van der Waals surface area contributed by atoms with Gasteiger partial charge in [0.15, 0.2) is 5.17 Å². The molecule has 2 nitrogen and oxygen atoms in total. The minimum absolute atomic E-state index is 0.634. The van der Waals surface area contributed by atoms with Crippen molar-refractivity contribution in [2.24, 2.45) is 10.7 Å². The van der Waals surface area contributed by atoms with E-state index in [9.17, 15) is 0 Å². The van der Waals surface area contributed by atoms with Crippen molar-refractivity contribution >= 4 is 39.0 Å². The normalized spacial score (nSPS) is 14.8. The molecule has 0 unspecified atom stereocenters. The van der Waals surface area contributed by atoms with Crippen LogP contribution in [0.1, 0.15) is 16.7 Å². The molecule has 3 aromatic rings. The molecule has 1 heterocycles. The Morgan fingerprint density at radius 2 is 1.58 bits per heavy atom. The minimum Gasteiger partial charge on any atom is -0.378 e. The Morgan fingerprint density at radius 1 is 0.875 bits per heavy atom. The molecular formula is C21H18N2S. The number of nitrogens with two attached hydrogens (primary N) is 1. The van der Waals surface area contributed by atoms with Gasteiger partial charge in [-0.05, 0) is 34.9 Å². The summed E-state index contributed by atoms with van der Waals surface area (Å²) in [6.07, 6.45) is 0. The lowest BCUT2D eigenvalue weighted by atomic mass is 9.98. The van der Waals surface area contributed by atoms with Gasteiger partial charge in [-0.3, -0.25) is 0 Å². The summed E-state index contributed by atoms with van der Waals surface area (Å²) in [6.45, 7) is 2.09. The summed E-state index contributed by atoms with van der Waals surface area (Å²) in [5, 5.41) is 3.14. The summed E-state index contributed by atoms with van der Waals surface area (Å²) < 4.78 is 0. The second-order valence-corrected chi connectivity index (χ2v) is 6.99. The van der Waals surface area contributed by atoms with Gasteiger partial charge in [-0.15, -0.1) is 0 Å². The summed E-state index contributed by atoms with van der Waals surface area (Å²) >= 11 is 1.60. The second-order valence-electron chi connectivity index (χ2n) is 5.99. The van der Waals surface area contributed by atoms with Crippen LogP contribution in [0, 0.1) is 6.92 Å². The molecule has 0 aromatic heterocycles. The number of aliphatic imine (C=N–C) groups is 1. The van der Waals surface area contributed by atoms with E-state index < -0.39 is 0 Å². The SMILES string of the molecule is Cc1ccc(C2=C(c3ccc4ccccc4c3)CSC(N)=N2)cc1. The molecular weight excluding hydrogens is 312 g/mol. The lowest BCUT2D eigenvalue weighted by Crippen LogP contribution is -2.13. The Kier molecular flexibility index (Phi) is 3.87. The summed E-state index contributed by atoms with van der Waals surface area (Å²) in [6, 6.07) is 23.5. The van der Waals surface area contributed by atoms with Crippen LogP contribution in [0.5, 0.6) is 0 Å². The van der Waals surface area contributed by atoms with Crippen LogP contribution in [-0.2, 0) is 0 Å². The maximum atomic E-state index is 6.00. The Balaban J connectivity index is 1.90. The molecule has 2 N–H and O–H groups in total. The maximum Gasteiger partial charge on any atom is 0.159 e. The molecule has 0 radical (unpaired) electrons. The number of nitrogens with zero attached hydrogens (tertiary/aromatic N) is 1. The van der Waals surface area contributed by atoms with E-state index in [0.29, 0.717) is 5.17 Å². The van der Waals surface area contributed by atoms with Crippen LogP contribution < -0.4 is 5.73 Å². The van der Waals surface area contributed by atoms with E-state index in [2.05, 4.69) is 78.6 Å². The summed E-state index contributed by atoms with van der Waals surface area (Å²) in [7, 11) is 0. The fourth-order valence-electron chi connectivity index (χ4n) is 2.97. The standard InChI is InChI=1S/C21H18N2S/c1-14-6-8-16(9-7-14)20-19(13-24-21(22)23-20)18-11-10-15-4-2-3-5-17(15)12-18/h2-12H,13H2,1H3,(H2,22,23). The second kappa shape index (κ2) is 6.17. The first kappa shape index (κ1) is 15.0. The lowest BCUT2D eigenvalue weighted by molar-refractivity contribution is 1.41. The molecule has 0 spiro atoms. The third-order valence-corrected chi connectivity index (χ3v) is 5.12. The van der Waals surface area contributed by atoms with E-state index in [4.69, 9.17) is 5.73 Å². The highest BCUT2D eigenvalue weighted by Crippen LogP contribution is 2.35. The number of thioether (sulfide) groups is 1.